The average Bonchev–Trinajstić information content (AvgIpc) is 2.58. The molecule has 0 saturated heterocycles. The van der Waals surface area contributed by atoms with Crippen molar-refractivity contribution in [3.63, 3.8) is 0 Å². The van der Waals surface area contributed by atoms with Gasteiger partial charge in [-0.1, -0.05) is 19.1 Å². The van der Waals surface area contributed by atoms with Gasteiger partial charge in [-0.05, 0) is 44.4 Å². The summed E-state index contributed by atoms with van der Waals surface area (Å²) in [4.78, 5) is 4.62. The number of nitrogens with zero attached hydrogens (tertiary/aromatic N) is 1. The second kappa shape index (κ2) is 15.5. The highest BCUT2D eigenvalue weighted by atomic mass is 127. The lowest BCUT2D eigenvalue weighted by atomic mass is 10.2. The van der Waals surface area contributed by atoms with Gasteiger partial charge in [0.2, 0.25) is 0 Å². The molecule has 1 rings (SSSR count). The van der Waals surface area contributed by atoms with Crippen LogP contribution in [0.25, 0.3) is 0 Å². The molecule has 0 aromatic heterocycles. The van der Waals surface area contributed by atoms with Crippen molar-refractivity contribution in [3.05, 3.63) is 29.8 Å². The van der Waals surface area contributed by atoms with Gasteiger partial charge in [0.05, 0.1) is 13.2 Å². The topological polar surface area (TPSA) is 54.9 Å². The van der Waals surface area contributed by atoms with Crippen LogP contribution >= 0.6 is 24.0 Å². The molecule has 0 atom stereocenters. The van der Waals surface area contributed by atoms with E-state index in [2.05, 4.69) is 41.6 Å². The van der Waals surface area contributed by atoms with E-state index in [1.54, 1.807) is 0 Å². The van der Waals surface area contributed by atoms with Crippen molar-refractivity contribution in [2.75, 3.05) is 32.9 Å². The van der Waals surface area contributed by atoms with Crippen LogP contribution in [0.5, 0.6) is 5.75 Å². The van der Waals surface area contributed by atoms with Crippen LogP contribution in [0.3, 0.4) is 0 Å². The number of hydrogen-bond donors (Lipinski definition) is 2. The molecule has 6 heteroatoms. The van der Waals surface area contributed by atoms with Crippen molar-refractivity contribution in [3.8, 4) is 5.75 Å². The fraction of sp³-hybridized carbons (Fsp3) is 0.611. The number of aliphatic imine (C=N–C) groups is 1. The molecule has 0 amide bonds. The molecule has 0 aliphatic heterocycles. The molecule has 24 heavy (non-hydrogen) atoms. The van der Waals surface area contributed by atoms with Gasteiger partial charge in [0.1, 0.15) is 5.75 Å². The largest absolute Gasteiger partial charge is 0.494 e. The summed E-state index contributed by atoms with van der Waals surface area (Å²) in [7, 11) is 0. The first-order chi connectivity index (χ1) is 11.3. The van der Waals surface area contributed by atoms with Gasteiger partial charge in [-0.15, -0.1) is 24.0 Å². The number of ether oxygens (including phenoxy) is 2. The fourth-order valence-corrected chi connectivity index (χ4v) is 1.99. The third-order valence-corrected chi connectivity index (χ3v) is 3.10. The second-order valence-corrected chi connectivity index (χ2v) is 5.17. The van der Waals surface area contributed by atoms with E-state index in [1.807, 2.05) is 19.1 Å². The Labute approximate surface area is 163 Å². The minimum Gasteiger partial charge on any atom is -0.494 e. The molecule has 1 aromatic carbocycles. The van der Waals surface area contributed by atoms with E-state index >= 15 is 0 Å². The lowest BCUT2D eigenvalue weighted by Crippen LogP contribution is -2.38. The van der Waals surface area contributed by atoms with Gasteiger partial charge in [-0.25, -0.2) is 4.99 Å². The lowest BCUT2D eigenvalue weighted by Gasteiger charge is -2.11. The molecule has 5 nitrogen and oxygen atoms in total. The van der Waals surface area contributed by atoms with Gasteiger partial charge in [0, 0.05) is 26.3 Å². The number of benzene rings is 1. The molecule has 0 unspecified atom stereocenters. The summed E-state index contributed by atoms with van der Waals surface area (Å²) in [5, 5.41) is 6.59. The maximum absolute atomic E-state index is 5.66. The average molecular weight is 449 g/mol. The molecule has 1 aromatic rings. The Balaban J connectivity index is 0.00000529. The monoisotopic (exact) mass is 449 g/mol. The van der Waals surface area contributed by atoms with Crippen LogP contribution in [0, 0.1) is 0 Å². The molecule has 0 bridgehead atoms. The molecule has 0 radical (unpaired) electrons. The maximum atomic E-state index is 5.66. The van der Waals surface area contributed by atoms with Crippen LogP contribution in [0.4, 0.5) is 0 Å². The van der Waals surface area contributed by atoms with Gasteiger partial charge in [-0.3, -0.25) is 0 Å². The highest BCUT2D eigenvalue weighted by Gasteiger charge is 1.99. The summed E-state index contributed by atoms with van der Waals surface area (Å²) >= 11 is 0. The molecule has 138 valence electrons. The number of halogens is 1. The molecular weight excluding hydrogens is 417 g/mol. The van der Waals surface area contributed by atoms with Gasteiger partial charge < -0.3 is 20.1 Å². The predicted octanol–water partition coefficient (Wildman–Crippen LogP) is 3.58. The van der Waals surface area contributed by atoms with E-state index in [4.69, 9.17) is 9.47 Å². The van der Waals surface area contributed by atoms with Crippen LogP contribution in [0.15, 0.2) is 29.3 Å². The van der Waals surface area contributed by atoms with Crippen molar-refractivity contribution in [1.82, 2.24) is 10.6 Å². The zero-order valence-electron chi connectivity index (χ0n) is 15.1. The number of guanidine groups is 1. The van der Waals surface area contributed by atoms with E-state index in [1.165, 1.54) is 0 Å². The fourth-order valence-electron chi connectivity index (χ4n) is 1.99. The minimum absolute atomic E-state index is 0. The Kier molecular flexibility index (Phi) is 14.8. The Morgan fingerprint density at radius 3 is 2.67 bits per heavy atom. The molecule has 0 spiro atoms. The Bertz CT molecular complexity index is 456. The zero-order chi connectivity index (χ0) is 16.8. The van der Waals surface area contributed by atoms with Crippen molar-refractivity contribution in [2.45, 2.75) is 40.2 Å². The normalized spacial score (nSPS) is 10.9. The minimum atomic E-state index is 0. The van der Waals surface area contributed by atoms with E-state index in [0.717, 1.165) is 63.0 Å². The van der Waals surface area contributed by atoms with Crippen molar-refractivity contribution >= 4 is 29.9 Å². The van der Waals surface area contributed by atoms with E-state index in [9.17, 15) is 0 Å². The Morgan fingerprint density at radius 2 is 1.96 bits per heavy atom. The first kappa shape index (κ1) is 23.0. The maximum Gasteiger partial charge on any atom is 0.191 e. The van der Waals surface area contributed by atoms with Gasteiger partial charge >= 0.3 is 0 Å². The summed E-state index contributed by atoms with van der Waals surface area (Å²) in [5.74, 6) is 1.75. The van der Waals surface area contributed by atoms with Gasteiger partial charge in [0.25, 0.3) is 0 Å². The van der Waals surface area contributed by atoms with E-state index < -0.39 is 0 Å². The third kappa shape index (κ3) is 10.7. The van der Waals surface area contributed by atoms with Crippen LogP contribution in [-0.4, -0.2) is 38.9 Å². The third-order valence-electron chi connectivity index (χ3n) is 3.10. The summed E-state index contributed by atoms with van der Waals surface area (Å²) in [5.41, 5.74) is 1.14. The highest BCUT2D eigenvalue weighted by Crippen LogP contribution is 2.14. The summed E-state index contributed by atoms with van der Waals surface area (Å²) < 4.78 is 11.0. The summed E-state index contributed by atoms with van der Waals surface area (Å²) in [6.07, 6.45) is 1.98. The SMILES string of the molecule is CCCOc1cccc(CN=C(NCC)NCCCOCC)c1.I. The zero-order valence-corrected chi connectivity index (χ0v) is 17.5. The number of hydrogen-bond acceptors (Lipinski definition) is 3. The highest BCUT2D eigenvalue weighted by molar-refractivity contribution is 14.0. The second-order valence-electron chi connectivity index (χ2n) is 5.17. The predicted molar refractivity (Wildman–Crippen MR) is 112 cm³/mol. The molecule has 0 saturated carbocycles. The number of nitrogens with one attached hydrogen (secondary N) is 2. The van der Waals surface area contributed by atoms with E-state index in [-0.39, 0.29) is 24.0 Å². The molecule has 0 aliphatic rings. The van der Waals surface area contributed by atoms with Crippen molar-refractivity contribution in [1.29, 1.82) is 0 Å². The van der Waals surface area contributed by atoms with E-state index in [0.29, 0.717) is 6.54 Å². The first-order valence-electron chi connectivity index (χ1n) is 8.61. The number of rotatable bonds is 11. The van der Waals surface area contributed by atoms with Gasteiger partial charge in [-0.2, -0.15) is 0 Å². The molecule has 2 N–H and O–H groups in total. The van der Waals surface area contributed by atoms with Crippen LogP contribution in [0.1, 0.15) is 39.2 Å². The first-order valence-corrected chi connectivity index (χ1v) is 8.61. The molecule has 0 aliphatic carbocycles. The van der Waals surface area contributed by atoms with Crippen LogP contribution in [0.2, 0.25) is 0 Å². The van der Waals surface area contributed by atoms with Crippen molar-refractivity contribution < 1.29 is 9.47 Å². The van der Waals surface area contributed by atoms with Crippen LogP contribution in [-0.2, 0) is 11.3 Å². The standard InChI is InChI=1S/C18H31N3O2.HI/c1-4-12-23-17-10-7-9-16(14-17)15-21-18(19-5-2)20-11-8-13-22-6-3;/h7,9-10,14H,4-6,8,11-13,15H2,1-3H3,(H2,19,20,21);1H. The van der Waals surface area contributed by atoms with Gasteiger partial charge in [0.15, 0.2) is 5.96 Å². The molecule has 0 fully saturated rings. The molecular formula is C18H32IN3O2. The summed E-state index contributed by atoms with van der Waals surface area (Å²) in [6.45, 7) is 10.8. The summed E-state index contributed by atoms with van der Waals surface area (Å²) in [6, 6.07) is 8.12. The quantitative estimate of drug-likeness (QED) is 0.235. The lowest BCUT2D eigenvalue weighted by molar-refractivity contribution is 0.145. The molecule has 0 heterocycles. The Morgan fingerprint density at radius 1 is 1.12 bits per heavy atom. The smallest absolute Gasteiger partial charge is 0.191 e. The van der Waals surface area contributed by atoms with Crippen LogP contribution < -0.4 is 15.4 Å². The Hall–Kier alpha value is -1.02. The van der Waals surface area contributed by atoms with Crippen molar-refractivity contribution in [2.24, 2.45) is 4.99 Å².